The molecule has 70 valence electrons. The summed E-state index contributed by atoms with van der Waals surface area (Å²) in [6, 6.07) is 9.61. The van der Waals surface area contributed by atoms with Gasteiger partial charge in [-0.15, -0.1) is 9.11 Å². The van der Waals surface area contributed by atoms with Crippen LogP contribution in [0.4, 0.5) is 0 Å². The Morgan fingerprint density at radius 1 is 1.31 bits per heavy atom. The summed E-state index contributed by atoms with van der Waals surface area (Å²) in [7, 11) is -1.89. The largest absolute Gasteiger partial charge is 0.775 e. The van der Waals surface area contributed by atoms with E-state index in [1.54, 1.807) is 17.9 Å². The van der Waals surface area contributed by atoms with Gasteiger partial charge < -0.3 is 12.6 Å². The lowest BCUT2D eigenvalue weighted by atomic mass is 10.2. The van der Waals surface area contributed by atoms with E-state index in [2.05, 4.69) is 0 Å². The lowest BCUT2D eigenvalue weighted by Gasteiger charge is -2.10. The average molecular weight is 212 g/mol. The van der Waals surface area contributed by atoms with Crippen molar-refractivity contribution < 1.29 is 4.21 Å². The van der Waals surface area contributed by atoms with Crippen molar-refractivity contribution in [2.24, 2.45) is 0 Å². The second-order valence-electron chi connectivity index (χ2n) is 3.16. The first kappa shape index (κ1) is 10.4. The molecule has 3 heteroatoms. The van der Waals surface area contributed by atoms with Crippen molar-refractivity contribution in [2.45, 2.75) is 0 Å². The minimum atomic E-state index is -1.89. The van der Waals surface area contributed by atoms with Crippen LogP contribution >= 0.6 is 0 Å². The van der Waals surface area contributed by atoms with Gasteiger partial charge in [0, 0.05) is 0 Å². The Balaban J connectivity index is 2.99. The van der Waals surface area contributed by atoms with E-state index in [0.717, 1.165) is 5.56 Å². The molecular formula is C10H12OS2. The minimum absolute atomic E-state index is 0.663. The van der Waals surface area contributed by atoms with E-state index in [1.807, 2.05) is 30.3 Å². The second-order valence-corrected chi connectivity index (χ2v) is 6.45. The molecule has 0 N–H and O–H groups in total. The Morgan fingerprint density at radius 2 is 1.85 bits per heavy atom. The third-order valence-electron chi connectivity index (χ3n) is 1.45. The van der Waals surface area contributed by atoms with Crippen molar-refractivity contribution in [2.75, 3.05) is 12.5 Å². The summed E-state index contributed by atoms with van der Waals surface area (Å²) in [5.74, 6) is 0. The van der Waals surface area contributed by atoms with Gasteiger partial charge in [-0.1, -0.05) is 30.3 Å². The standard InChI is InChI=1S/C10H12OS2/c1-13(2,11)8-10(12)9-6-4-3-5-7-9/h3-8H,1-2H3. The summed E-state index contributed by atoms with van der Waals surface area (Å²) >= 11 is 5.13. The molecule has 0 spiro atoms. The Labute approximate surface area is 85.7 Å². The van der Waals surface area contributed by atoms with E-state index in [9.17, 15) is 4.21 Å². The molecular weight excluding hydrogens is 200 g/mol. The fourth-order valence-corrected chi connectivity index (χ4v) is 2.41. The molecule has 0 saturated carbocycles. The summed E-state index contributed by atoms with van der Waals surface area (Å²) in [5, 5.41) is 1.65. The summed E-state index contributed by atoms with van der Waals surface area (Å²) in [5.41, 5.74) is 0.953. The zero-order valence-electron chi connectivity index (χ0n) is 7.69. The van der Waals surface area contributed by atoms with E-state index in [-0.39, 0.29) is 0 Å². The predicted molar refractivity (Wildman–Crippen MR) is 61.7 cm³/mol. The van der Waals surface area contributed by atoms with Crippen LogP contribution in [-0.4, -0.2) is 12.5 Å². The molecule has 0 fully saturated rings. The van der Waals surface area contributed by atoms with Crippen molar-refractivity contribution in [1.82, 2.24) is 0 Å². The summed E-state index contributed by atoms with van der Waals surface area (Å²) in [6.45, 7) is 0. The summed E-state index contributed by atoms with van der Waals surface area (Å²) in [4.78, 5) is 0.663. The highest BCUT2D eigenvalue weighted by Crippen LogP contribution is 2.14. The Bertz CT molecular complexity index is 348. The topological polar surface area (TPSA) is 17.1 Å². The molecule has 0 amide bonds. The van der Waals surface area contributed by atoms with E-state index < -0.39 is 9.93 Å². The molecule has 13 heavy (non-hydrogen) atoms. The Kier molecular flexibility index (Phi) is 3.22. The first-order valence-corrected chi connectivity index (χ1v) is 6.72. The van der Waals surface area contributed by atoms with Crippen molar-refractivity contribution in [3.05, 3.63) is 41.3 Å². The molecule has 0 radical (unpaired) electrons. The van der Waals surface area contributed by atoms with Crippen molar-refractivity contribution in [3.63, 3.8) is 0 Å². The first-order valence-electron chi connectivity index (χ1n) is 3.87. The fraction of sp³-hybridized carbons (Fsp3) is 0.200. The van der Waals surface area contributed by atoms with Gasteiger partial charge in [0.15, 0.2) is 0 Å². The van der Waals surface area contributed by atoms with Gasteiger partial charge in [-0.25, -0.2) is 0 Å². The molecule has 0 aliphatic rings. The van der Waals surface area contributed by atoms with Crippen LogP contribution in [0.2, 0.25) is 0 Å². The van der Waals surface area contributed by atoms with Crippen LogP contribution in [0, 0.1) is 0 Å². The monoisotopic (exact) mass is 212 g/mol. The summed E-state index contributed by atoms with van der Waals surface area (Å²) < 4.78 is 11.4. The molecule has 1 aromatic rings. The SMILES string of the molecule is C[S+](C)(=O)/C=C(\[S-])c1ccccc1. The van der Waals surface area contributed by atoms with Gasteiger partial charge in [-0.05, 0) is 5.56 Å². The lowest BCUT2D eigenvalue weighted by Crippen LogP contribution is -1.99. The van der Waals surface area contributed by atoms with Crippen molar-refractivity contribution in [1.29, 1.82) is 0 Å². The zero-order valence-corrected chi connectivity index (χ0v) is 9.32. The summed E-state index contributed by atoms with van der Waals surface area (Å²) in [6.07, 6.45) is 3.37. The van der Waals surface area contributed by atoms with Crippen LogP contribution in [0.1, 0.15) is 5.56 Å². The van der Waals surface area contributed by atoms with Crippen LogP contribution in [0.25, 0.3) is 4.91 Å². The normalized spacial score (nSPS) is 12.9. The van der Waals surface area contributed by atoms with E-state index >= 15 is 0 Å². The number of hydrogen-bond donors (Lipinski definition) is 0. The molecule has 0 unspecified atom stereocenters. The van der Waals surface area contributed by atoms with E-state index in [1.165, 1.54) is 0 Å². The Morgan fingerprint density at radius 3 is 2.31 bits per heavy atom. The van der Waals surface area contributed by atoms with Crippen molar-refractivity contribution >= 4 is 27.5 Å². The van der Waals surface area contributed by atoms with Gasteiger partial charge in [0.05, 0.1) is 0 Å². The smallest absolute Gasteiger partial charge is 0.106 e. The maximum Gasteiger partial charge on any atom is 0.106 e. The molecule has 0 saturated heterocycles. The zero-order chi connectivity index (χ0) is 9.90. The first-order chi connectivity index (χ1) is 5.99. The molecule has 0 heterocycles. The predicted octanol–water partition coefficient (Wildman–Crippen LogP) is 2.29. The molecule has 0 bridgehead atoms. The van der Waals surface area contributed by atoms with Crippen LogP contribution < -0.4 is 0 Å². The molecule has 0 atom stereocenters. The van der Waals surface area contributed by atoms with Gasteiger partial charge in [0.25, 0.3) is 0 Å². The molecule has 0 aliphatic carbocycles. The quantitative estimate of drug-likeness (QED) is 0.552. The van der Waals surface area contributed by atoms with Crippen LogP contribution in [0.5, 0.6) is 0 Å². The van der Waals surface area contributed by atoms with Crippen LogP contribution in [-0.2, 0) is 26.8 Å². The molecule has 1 aromatic carbocycles. The molecule has 0 aliphatic heterocycles. The minimum Gasteiger partial charge on any atom is -0.775 e. The molecule has 1 rings (SSSR count). The van der Waals surface area contributed by atoms with Gasteiger partial charge in [-0.3, -0.25) is 0 Å². The highest BCUT2D eigenvalue weighted by molar-refractivity contribution is 8.05. The van der Waals surface area contributed by atoms with Gasteiger partial charge in [0.1, 0.15) is 27.9 Å². The molecule has 0 aromatic heterocycles. The highest BCUT2D eigenvalue weighted by atomic mass is 32.2. The van der Waals surface area contributed by atoms with Crippen molar-refractivity contribution in [3.8, 4) is 0 Å². The fourth-order valence-electron chi connectivity index (χ4n) is 0.928. The third-order valence-corrected chi connectivity index (χ3v) is 2.76. The maximum absolute atomic E-state index is 11.4. The van der Waals surface area contributed by atoms with E-state index in [0.29, 0.717) is 4.91 Å². The van der Waals surface area contributed by atoms with Gasteiger partial charge >= 0.3 is 0 Å². The van der Waals surface area contributed by atoms with Crippen LogP contribution in [0.15, 0.2) is 35.7 Å². The maximum atomic E-state index is 11.4. The Hall–Kier alpha value is -0.670. The third kappa shape index (κ3) is 3.70. The number of hydrogen-bond acceptors (Lipinski definition) is 2. The highest BCUT2D eigenvalue weighted by Gasteiger charge is 2.05. The van der Waals surface area contributed by atoms with Gasteiger partial charge in [-0.2, -0.15) is 0 Å². The van der Waals surface area contributed by atoms with Gasteiger partial charge in [0.2, 0.25) is 0 Å². The number of benzene rings is 1. The average Bonchev–Trinajstić information content (AvgIpc) is 2.03. The van der Waals surface area contributed by atoms with Crippen LogP contribution in [0.3, 0.4) is 0 Å². The lowest BCUT2D eigenvalue weighted by molar-refractivity contribution is 0.596. The molecule has 1 nitrogen and oxygen atoms in total. The van der Waals surface area contributed by atoms with E-state index in [4.69, 9.17) is 12.6 Å². The number of rotatable bonds is 2. The second kappa shape index (κ2) is 4.03.